The summed E-state index contributed by atoms with van der Waals surface area (Å²) in [6.07, 6.45) is 1.76. The van der Waals surface area contributed by atoms with Crippen LogP contribution in [0.25, 0.3) is 0 Å². The second-order valence-electron chi connectivity index (χ2n) is 4.81. The molecular weight excluding hydrogens is 272 g/mol. The maximum Gasteiger partial charge on any atom is 0.341 e. The van der Waals surface area contributed by atoms with E-state index < -0.39 is 5.97 Å². The first kappa shape index (κ1) is 16.9. The van der Waals surface area contributed by atoms with E-state index in [2.05, 4.69) is 20.6 Å². The van der Waals surface area contributed by atoms with Crippen molar-refractivity contribution >= 4 is 17.8 Å². The Morgan fingerprint density at radius 1 is 1.38 bits per heavy atom. The van der Waals surface area contributed by atoms with Crippen LogP contribution in [-0.4, -0.2) is 41.0 Å². The van der Waals surface area contributed by atoms with Gasteiger partial charge in [-0.25, -0.2) is 14.8 Å². The molecule has 0 spiro atoms. The Bertz CT molecular complexity index is 503. The Labute approximate surface area is 124 Å². The van der Waals surface area contributed by atoms with Gasteiger partial charge >= 0.3 is 5.97 Å². The average molecular weight is 294 g/mol. The molecule has 0 fully saturated rings. The van der Waals surface area contributed by atoms with Crippen molar-refractivity contribution in [1.29, 1.82) is 0 Å². The van der Waals surface area contributed by atoms with Gasteiger partial charge in [0.1, 0.15) is 0 Å². The maximum atomic E-state index is 11.6. The van der Waals surface area contributed by atoms with Crippen LogP contribution in [0.2, 0.25) is 0 Å². The Morgan fingerprint density at radius 3 is 2.67 bits per heavy atom. The molecule has 0 atom stereocenters. The molecule has 1 aromatic heterocycles. The number of aryl methyl sites for hydroxylation is 1. The summed E-state index contributed by atoms with van der Waals surface area (Å²) in [4.78, 5) is 31.3. The molecule has 0 aliphatic rings. The molecule has 1 rings (SSSR count). The van der Waals surface area contributed by atoms with Gasteiger partial charge in [0.25, 0.3) is 0 Å². The molecule has 0 saturated heterocycles. The summed E-state index contributed by atoms with van der Waals surface area (Å²) < 4.78 is 4.91. The van der Waals surface area contributed by atoms with E-state index in [1.54, 1.807) is 13.8 Å². The zero-order valence-electron chi connectivity index (χ0n) is 12.9. The molecular formula is C14H22N4O3. The van der Waals surface area contributed by atoms with Gasteiger partial charge in [0.2, 0.25) is 11.9 Å². The third kappa shape index (κ3) is 5.76. The first-order chi connectivity index (χ1) is 9.93. The topological polar surface area (TPSA) is 93.2 Å². The Hall–Kier alpha value is -2.18. The monoisotopic (exact) mass is 294 g/mol. The van der Waals surface area contributed by atoms with Crippen molar-refractivity contribution in [3.05, 3.63) is 17.5 Å². The number of esters is 1. The third-order valence-electron chi connectivity index (χ3n) is 2.56. The minimum absolute atomic E-state index is 0.0302. The molecule has 7 nitrogen and oxygen atoms in total. The SMILES string of the molecule is CCOC(=O)c1cnc(NCCC(=O)NC(C)C)nc1C. The number of nitrogens with zero attached hydrogens (tertiary/aromatic N) is 2. The van der Waals surface area contributed by atoms with Gasteiger partial charge in [-0.05, 0) is 27.7 Å². The Balaban J connectivity index is 2.52. The average Bonchev–Trinajstić information content (AvgIpc) is 2.38. The van der Waals surface area contributed by atoms with E-state index in [0.717, 1.165) is 0 Å². The van der Waals surface area contributed by atoms with Crippen LogP contribution in [0.1, 0.15) is 43.2 Å². The van der Waals surface area contributed by atoms with Gasteiger partial charge < -0.3 is 15.4 Å². The molecule has 0 aliphatic heterocycles. The van der Waals surface area contributed by atoms with E-state index in [1.807, 2.05) is 13.8 Å². The van der Waals surface area contributed by atoms with E-state index in [4.69, 9.17) is 4.74 Å². The van der Waals surface area contributed by atoms with Gasteiger partial charge in [-0.2, -0.15) is 0 Å². The summed E-state index contributed by atoms with van der Waals surface area (Å²) in [7, 11) is 0. The number of aromatic nitrogens is 2. The second-order valence-corrected chi connectivity index (χ2v) is 4.81. The molecule has 116 valence electrons. The number of anilines is 1. The van der Waals surface area contributed by atoms with Crippen molar-refractivity contribution in [3.8, 4) is 0 Å². The van der Waals surface area contributed by atoms with Gasteiger partial charge in [0, 0.05) is 25.2 Å². The van der Waals surface area contributed by atoms with Gasteiger partial charge in [0.05, 0.1) is 17.9 Å². The van der Waals surface area contributed by atoms with Crippen LogP contribution < -0.4 is 10.6 Å². The van der Waals surface area contributed by atoms with Gasteiger partial charge in [-0.15, -0.1) is 0 Å². The molecule has 21 heavy (non-hydrogen) atoms. The third-order valence-corrected chi connectivity index (χ3v) is 2.56. The Kier molecular flexibility index (Phi) is 6.58. The molecule has 1 heterocycles. The summed E-state index contributed by atoms with van der Waals surface area (Å²) in [5.74, 6) is -0.0758. The number of hydrogen-bond donors (Lipinski definition) is 2. The van der Waals surface area contributed by atoms with E-state index in [1.165, 1.54) is 6.20 Å². The van der Waals surface area contributed by atoms with Gasteiger partial charge in [0.15, 0.2) is 0 Å². The van der Waals surface area contributed by atoms with E-state index in [0.29, 0.717) is 36.8 Å². The van der Waals surface area contributed by atoms with Crippen LogP contribution in [0.3, 0.4) is 0 Å². The number of nitrogens with one attached hydrogen (secondary N) is 2. The fourth-order valence-corrected chi connectivity index (χ4v) is 1.64. The summed E-state index contributed by atoms with van der Waals surface area (Å²) in [6.45, 7) is 8.01. The highest BCUT2D eigenvalue weighted by molar-refractivity contribution is 5.90. The zero-order valence-corrected chi connectivity index (χ0v) is 12.9. The molecule has 0 aromatic carbocycles. The minimum atomic E-state index is -0.433. The van der Waals surface area contributed by atoms with Crippen LogP contribution in [-0.2, 0) is 9.53 Å². The van der Waals surface area contributed by atoms with Gasteiger partial charge in [-0.3, -0.25) is 4.79 Å². The van der Waals surface area contributed by atoms with Crippen LogP contribution in [0, 0.1) is 6.92 Å². The molecule has 0 aliphatic carbocycles. The highest BCUT2D eigenvalue weighted by Crippen LogP contribution is 2.08. The highest BCUT2D eigenvalue weighted by Gasteiger charge is 2.12. The summed E-state index contributed by atoms with van der Waals surface area (Å²) in [5, 5.41) is 5.75. The number of rotatable bonds is 7. The van der Waals surface area contributed by atoms with Crippen LogP contribution in [0.4, 0.5) is 5.95 Å². The minimum Gasteiger partial charge on any atom is -0.462 e. The predicted molar refractivity (Wildman–Crippen MR) is 79.1 cm³/mol. The van der Waals surface area contributed by atoms with Crippen molar-refractivity contribution in [2.24, 2.45) is 0 Å². The second kappa shape index (κ2) is 8.18. The van der Waals surface area contributed by atoms with E-state index in [9.17, 15) is 9.59 Å². The summed E-state index contributed by atoms with van der Waals surface area (Å²) >= 11 is 0. The zero-order chi connectivity index (χ0) is 15.8. The number of ether oxygens (including phenoxy) is 1. The molecule has 0 saturated carbocycles. The number of hydrogen-bond acceptors (Lipinski definition) is 6. The normalized spacial score (nSPS) is 10.3. The lowest BCUT2D eigenvalue weighted by atomic mass is 10.2. The van der Waals surface area contributed by atoms with Crippen LogP contribution in [0.5, 0.6) is 0 Å². The first-order valence-corrected chi connectivity index (χ1v) is 6.98. The van der Waals surface area contributed by atoms with Crippen molar-refractivity contribution in [2.75, 3.05) is 18.5 Å². The van der Waals surface area contributed by atoms with Crippen LogP contribution >= 0.6 is 0 Å². The lowest BCUT2D eigenvalue weighted by molar-refractivity contribution is -0.121. The standard InChI is InChI=1S/C14H22N4O3/c1-5-21-13(20)11-8-16-14(18-10(11)4)15-7-6-12(19)17-9(2)3/h8-9H,5-7H2,1-4H3,(H,17,19)(H,15,16,18). The number of carbonyl (C=O) groups is 2. The van der Waals surface area contributed by atoms with Crippen molar-refractivity contribution in [3.63, 3.8) is 0 Å². The van der Waals surface area contributed by atoms with Gasteiger partial charge in [-0.1, -0.05) is 0 Å². The van der Waals surface area contributed by atoms with Crippen molar-refractivity contribution in [2.45, 2.75) is 40.2 Å². The molecule has 1 amide bonds. The largest absolute Gasteiger partial charge is 0.462 e. The molecule has 7 heteroatoms. The predicted octanol–water partition coefficient (Wildman–Crippen LogP) is 1.29. The summed E-state index contributed by atoms with van der Waals surface area (Å²) in [5.41, 5.74) is 0.887. The van der Waals surface area contributed by atoms with E-state index in [-0.39, 0.29) is 11.9 Å². The fraction of sp³-hybridized carbons (Fsp3) is 0.571. The molecule has 0 radical (unpaired) electrons. The van der Waals surface area contributed by atoms with Crippen LogP contribution in [0.15, 0.2) is 6.20 Å². The van der Waals surface area contributed by atoms with Crippen molar-refractivity contribution < 1.29 is 14.3 Å². The highest BCUT2D eigenvalue weighted by atomic mass is 16.5. The fourth-order valence-electron chi connectivity index (χ4n) is 1.64. The quantitative estimate of drug-likeness (QED) is 0.736. The lowest BCUT2D eigenvalue weighted by Gasteiger charge is -2.10. The maximum absolute atomic E-state index is 11.6. The Morgan fingerprint density at radius 2 is 2.10 bits per heavy atom. The molecule has 2 N–H and O–H groups in total. The summed E-state index contributed by atoms with van der Waals surface area (Å²) in [6, 6.07) is 0.125. The molecule has 0 bridgehead atoms. The number of amides is 1. The first-order valence-electron chi connectivity index (χ1n) is 6.98. The number of carbonyl (C=O) groups excluding carboxylic acids is 2. The molecule has 1 aromatic rings. The molecule has 0 unspecified atom stereocenters. The van der Waals surface area contributed by atoms with E-state index >= 15 is 0 Å². The van der Waals surface area contributed by atoms with Crippen molar-refractivity contribution in [1.82, 2.24) is 15.3 Å². The smallest absolute Gasteiger partial charge is 0.341 e. The lowest BCUT2D eigenvalue weighted by Crippen LogP contribution is -2.31.